The molecule has 3 rings (SSSR count). The molecule has 2 heterocycles. The van der Waals surface area contributed by atoms with E-state index < -0.39 is 0 Å². The Hall–Kier alpha value is -1.06. The van der Waals surface area contributed by atoms with Gasteiger partial charge >= 0.3 is 0 Å². The average molecular weight is 232 g/mol. The Labute approximate surface area is 103 Å². The van der Waals surface area contributed by atoms with Crippen LogP contribution in [0.3, 0.4) is 0 Å². The summed E-state index contributed by atoms with van der Waals surface area (Å²) in [4.78, 5) is 0. The van der Waals surface area contributed by atoms with Gasteiger partial charge in [0.05, 0.1) is 0 Å². The molecule has 0 spiro atoms. The standard InChI is InChI=1S/C14H20N2O/c1-14(5-7-16-10-14)17-13-3-2-11-4-6-15-9-12(11)8-13/h2-3,8,15-16H,4-7,9-10H2,1H3. The van der Waals surface area contributed by atoms with Gasteiger partial charge in [-0.2, -0.15) is 0 Å². The lowest BCUT2D eigenvalue weighted by atomic mass is 10.0. The number of nitrogens with one attached hydrogen (secondary N) is 2. The van der Waals surface area contributed by atoms with Crippen molar-refractivity contribution in [3.05, 3.63) is 29.3 Å². The molecule has 2 N–H and O–H groups in total. The zero-order chi connectivity index (χ0) is 11.7. The number of fused-ring (bicyclic) bond motifs is 1. The Kier molecular flexibility index (Phi) is 2.81. The zero-order valence-electron chi connectivity index (χ0n) is 10.4. The Morgan fingerprint density at radius 2 is 2.12 bits per heavy atom. The number of rotatable bonds is 2. The molecule has 3 nitrogen and oxygen atoms in total. The van der Waals surface area contributed by atoms with Crippen molar-refractivity contribution in [3.8, 4) is 5.75 Å². The van der Waals surface area contributed by atoms with Gasteiger partial charge in [-0.25, -0.2) is 0 Å². The van der Waals surface area contributed by atoms with Crippen molar-refractivity contribution in [3.63, 3.8) is 0 Å². The van der Waals surface area contributed by atoms with Crippen LogP contribution in [0.1, 0.15) is 24.5 Å². The second-order valence-electron chi connectivity index (χ2n) is 5.34. The first kappa shape index (κ1) is 11.1. The fourth-order valence-corrected chi connectivity index (χ4v) is 2.69. The van der Waals surface area contributed by atoms with E-state index in [1.54, 1.807) is 0 Å². The maximum Gasteiger partial charge on any atom is 0.120 e. The third-order valence-electron chi connectivity index (χ3n) is 3.76. The fourth-order valence-electron chi connectivity index (χ4n) is 2.69. The maximum atomic E-state index is 6.14. The summed E-state index contributed by atoms with van der Waals surface area (Å²) in [6, 6.07) is 6.54. The van der Waals surface area contributed by atoms with E-state index in [4.69, 9.17) is 4.74 Å². The first-order valence-electron chi connectivity index (χ1n) is 6.47. The van der Waals surface area contributed by atoms with Crippen molar-refractivity contribution in [2.75, 3.05) is 19.6 Å². The largest absolute Gasteiger partial charge is 0.486 e. The molecule has 0 amide bonds. The van der Waals surface area contributed by atoms with E-state index >= 15 is 0 Å². The predicted molar refractivity (Wildman–Crippen MR) is 68.4 cm³/mol. The summed E-state index contributed by atoms with van der Waals surface area (Å²) in [5, 5.41) is 6.76. The molecule has 0 aromatic heterocycles. The highest BCUT2D eigenvalue weighted by molar-refractivity contribution is 5.37. The van der Waals surface area contributed by atoms with Crippen LogP contribution in [0.15, 0.2) is 18.2 Å². The number of hydrogen-bond donors (Lipinski definition) is 2. The number of benzene rings is 1. The Balaban J connectivity index is 1.79. The first-order valence-corrected chi connectivity index (χ1v) is 6.47. The number of ether oxygens (including phenoxy) is 1. The first-order chi connectivity index (χ1) is 8.25. The molecule has 1 atom stereocenters. The fraction of sp³-hybridized carbons (Fsp3) is 0.571. The van der Waals surface area contributed by atoms with Gasteiger partial charge in [0.25, 0.3) is 0 Å². The second kappa shape index (κ2) is 4.31. The van der Waals surface area contributed by atoms with Crippen molar-refractivity contribution < 1.29 is 4.74 Å². The van der Waals surface area contributed by atoms with Gasteiger partial charge < -0.3 is 15.4 Å². The molecule has 0 aliphatic carbocycles. The lowest BCUT2D eigenvalue weighted by molar-refractivity contribution is 0.111. The van der Waals surface area contributed by atoms with E-state index in [1.165, 1.54) is 11.1 Å². The van der Waals surface area contributed by atoms with Crippen LogP contribution in [0.2, 0.25) is 0 Å². The van der Waals surface area contributed by atoms with Crippen LogP contribution in [0.25, 0.3) is 0 Å². The molecule has 2 aliphatic heterocycles. The van der Waals surface area contributed by atoms with E-state index in [0.29, 0.717) is 0 Å². The monoisotopic (exact) mass is 232 g/mol. The Morgan fingerprint density at radius 1 is 1.18 bits per heavy atom. The molecular weight excluding hydrogens is 212 g/mol. The lowest BCUT2D eigenvalue weighted by Crippen LogP contribution is -2.34. The van der Waals surface area contributed by atoms with Crippen LogP contribution in [-0.2, 0) is 13.0 Å². The van der Waals surface area contributed by atoms with Crippen molar-refractivity contribution in [2.45, 2.75) is 31.9 Å². The Bertz CT molecular complexity index is 411. The second-order valence-corrected chi connectivity index (χ2v) is 5.34. The van der Waals surface area contributed by atoms with Gasteiger partial charge in [0, 0.05) is 19.5 Å². The minimum absolute atomic E-state index is 0.0314. The average Bonchev–Trinajstić information content (AvgIpc) is 2.76. The van der Waals surface area contributed by atoms with Crippen LogP contribution >= 0.6 is 0 Å². The summed E-state index contributed by atoms with van der Waals surface area (Å²) in [6.45, 7) is 6.26. The van der Waals surface area contributed by atoms with Gasteiger partial charge in [-0.15, -0.1) is 0 Å². The van der Waals surface area contributed by atoms with Crippen molar-refractivity contribution in [2.24, 2.45) is 0 Å². The third-order valence-corrected chi connectivity index (χ3v) is 3.76. The van der Waals surface area contributed by atoms with E-state index in [2.05, 4.69) is 35.8 Å². The highest BCUT2D eigenvalue weighted by Crippen LogP contribution is 2.26. The molecule has 92 valence electrons. The molecule has 0 saturated carbocycles. The van der Waals surface area contributed by atoms with Crippen LogP contribution in [0.5, 0.6) is 5.75 Å². The topological polar surface area (TPSA) is 33.3 Å². The summed E-state index contributed by atoms with van der Waals surface area (Å²) in [7, 11) is 0. The normalized spacial score (nSPS) is 27.8. The van der Waals surface area contributed by atoms with Crippen LogP contribution in [0.4, 0.5) is 0 Å². The predicted octanol–water partition coefficient (Wildman–Crippen LogP) is 1.46. The van der Waals surface area contributed by atoms with Gasteiger partial charge in [0.2, 0.25) is 0 Å². The lowest BCUT2D eigenvalue weighted by Gasteiger charge is -2.26. The SMILES string of the molecule is CC1(Oc2ccc3c(c2)CNCC3)CCNC1. The van der Waals surface area contributed by atoms with Gasteiger partial charge in [-0.1, -0.05) is 6.07 Å². The van der Waals surface area contributed by atoms with Gasteiger partial charge in [-0.05, 0) is 49.7 Å². The molecule has 0 bridgehead atoms. The van der Waals surface area contributed by atoms with Gasteiger partial charge in [0.1, 0.15) is 11.4 Å². The summed E-state index contributed by atoms with van der Waals surface area (Å²) in [5.41, 5.74) is 2.82. The molecule has 1 aromatic rings. The van der Waals surface area contributed by atoms with Crippen LogP contribution in [-0.4, -0.2) is 25.2 Å². The van der Waals surface area contributed by atoms with Gasteiger partial charge in [0.15, 0.2) is 0 Å². The van der Waals surface area contributed by atoms with Gasteiger partial charge in [-0.3, -0.25) is 0 Å². The molecule has 1 unspecified atom stereocenters. The van der Waals surface area contributed by atoms with Crippen LogP contribution < -0.4 is 15.4 Å². The van der Waals surface area contributed by atoms with Crippen molar-refractivity contribution >= 4 is 0 Å². The van der Waals surface area contributed by atoms with E-state index in [0.717, 1.165) is 44.8 Å². The molecule has 3 heteroatoms. The van der Waals surface area contributed by atoms with E-state index in [1.807, 2.05) is 0 Å². The van der Waals surface area contributed by atoms with Crippen molar-refractivity contribution in [1.82, 2.24) is 10.6 Å². The minimum Gasteiger partial charge on any atom is -0.486 e. The number of hydrogen-bond acceptors (Lipinski definition) is 3. The summed E-state index contributed by atoms with van der Waals surface area (Å²) in [6.07, 6.45) is 2.22. The zero-order valence-corrected chi connectivity index (χ0v) is 10.4. The quantitative estimate of drug-likeness (QED) is 0.810. The smallest absolute Gasteiger partial charge is 0.120 e. The summed E-state index contributed by atoms with van der Waals surface area (Å²) < 4.78 is 6.14. The molecule has 2 aliphatic rings. The molecule has 17 heavy (non-hydrogen) atoms. The molecular formula is C14H20N2O. The van der Waals surface area contributed by atoms with E-state index in [9.17, 15) is 0 Å². The minimum atomic E-state index is -0.0314. The van der Waals surface area contributed by atoms with Crippen molar-refractivity contribution in [1.29, 1.82) is 0 Å². The maximum absolute atomic E-state index is 6.14. The molecule has 1 aromatic carbocycles. The highest BCUT2D eigenvalue weighted by Gasteiger charge is 2.30. The van der Waals surface area contributed by atoms with Crippen LogP contribution in [0, 0.1) is 0 Å². The highest BCUT2D eigenvalue weighted by atomic mass is 16.5. The molecule has 1 fully saturated rings. The Morgan fingerprint density at radius 3 is 2.94 bits per heavy atom. The summed E-state index contributed by atoms with van der Waals surface area (Å²) in [5.74, 6) is 1.01. The van der Waals surface area contributed by atoms with E-state index in [-0.39, 0.29) is 5.60 Å². The summed E-state index contributed by atoms with van der Waals surface area (Å²) >= 11 is 0. The molecule has 0 radical (unpaired) electrons. The molecule has 1 saturated heterocycles. The third kappa shape index (κ3) is 2.31.